The van der Waals surface area contributed by atoms with E-state index in [0.717, 1.165) is 6.20 Å². The normalized spacial score (nSPS) is 11.3. The lowest BCUT2D eigenvalue weighted by Crippen LogP contribution is -2.14. The van der Waals surface area contributed by atoms with Crippen molar-refractivity contribution in [3.63, 3.8) is 0 Å². The number of nitrogens with one attached hydrogen (secondary N) is 1. The summed E-state index contributed by atoms with van der Waals surface area (Å²) < 4.78 is 28.0. The van der Waals surface area contributed by atoms with E-state index in [0.29, 0.717) is 5.82 Å². The minimum Gasteiger partial charge on any atom is -0.478 e. The fourth-order valence-electron chi connectivity index (χ4n) is 1.48. The Morgan fingerprint density at radius 1 is 1.40 bits per heavy atom. The minimum atomic E-state index is -3.87. The molecule has 20 heavy (non-hydrogen) atoms. The predicted octanol–water partition coefficient (Wildman–Crippen LogP) is 0.623. The molecule has 106 valence electrons. The summed E-state index contributed by atoms with van der Waals surface area (Å²) in [5, 5.41) is 8.69. The Morgan fingerprint density at radius 2 is 2.10 bits per heavy atom. The number of hydrogen-bond acceptors (Lipinski definition) is 5. The number of carboxylic acid groups (broad SMARTS) is 1. The van der Waals surface area contributed by atoms with Gasteiger partial charge in [0.1, 0.15) is 5.82 Å². The van der Waals surface area contributed by atoms with E-state index in [4.69, 9.17) is 5.11 Å². The lowest BCUT2D eigenvalue weighted by atomic mass is 10.3. The molecule has 0 radical (unpaired) electrons. The maximum atomic E-state index is 12.1. The van der Waals surface area contributed by atoms with Crippen molar-refractivity contribution in [1.82, 2.24) is 14.5 Å². The Bertz CT molecular complexity index is 747. The smallest absolute Gasteiger partial charge is 0.337 e. The highest BCUT2D eigenvalue weighted by Gasteiger charge is 2.19. The van der Waals surface area contributed by atoms with Crippen LogP contribution in [0.1, 0.15) is 16.2 Å². The van der Waals surface area contributed by atoms with Crippen LogP contribution in [0, 0.1) is 6.92 Å². The summed E-state index contributed by atoms with van der Waals surface area (Å²) in [6.45, 7) is 1.67. The first kappa shape index (κ1) is 14.0. The van der Waals surface area contributed by atoms with Gasteiger partial charge in [0.25, 0.3) is 10.0 Å². The molecule has 2 N–H and O–H groups in total. The molecular weight excluding hydrogens is 284 g/mol. The van der Waals surface area contributed by atoms with E-state index in [1.807, 2.05) is 0 Å². The van der Waals surface area contributed by atoms with Gasteiger partial charge in [-0.25, -0.2) is 9.78 Å². The molecule has 0 aliphatic rings. The van der Waals surface area contributed by atoms with E-state index < -0.39 is 16.0 Å². The maximum absolute atomic E-state index is 12.1. The fourth-order valence-corrected chi connectivity index (χ4v) is 2.55. The van der Waals surface area contributed by atoms with Crippen LogP contribution in [-0.4, -0.2) is 34.0 Å². The van der Waals surface area contributed by atoms with Gasteiger partial charge in [-0.2, -0.15) is 8.42 Å². The zero-order valence-electron chi connectivity index (χ0n) is 10.7. The SMILES string of the molecule is Cc1nc(S(=O)(=O)Nc2cncc(C(=O)O)c2)cn1C. The molecule has 2 rings (SSSR count). The molecule has 0 aliphatic heterocycles. The van der Waals surface area contributed by atoms with Crippen molar-refractivity contribution in [1.29, 1.82) is 0 Å². The standard InChI is InChI=1S/C11H12N4O4S/c1-7-13-10(6-15(7)2)20(18,19)14-9-3-8(11(16)17)4-12-5-9/h3-6,14H,1-2H3,(H,16,17). The molecule has 0 unspecified atom stereocenters. The quantitative estimate of drug-likeness (QED) is 0.855. The number of rotatable bonds is 4. The molecule has 0 aromatic carbocycles. The van der Waals surface area contributed by atoms with E-state index in [2.05, 4.69) is 14.7 Å². The number of sulfonamides is 1. The molecule has 0 aliphatic carbocycles. The number of carboxylic acids is 1. The monoisotopic (exact) mass is 296 g/mol. The molecule has 0 saturated carbocycles. The van der Waals surface area contributed by atoms with Crippen molar-refractivity contribution in [2.75, 3.05) is 4.72 Å². The van der Waals surface area contributed by atoms with Gasteiger partial charge in [-0.1, -0.05) is 0 Å². The first-order valence-corrected chi connectivity index (χ1v) is 6.99. The molecule has 0 atom stereocenters. The second-order valence-corrected chi connectivity index (χ2v) is 5.74. The van der Waals surface area contributed by atoms with Gasteiger partial charge in [0.15, 0.2) is 5.03 Å². The Hall–Kier alpha value is -2.42. The molecule has 8 nitrogen and oxygen atoms in total. The Balaban J connectivity index is 2.33. The predicted molar refractivity (Wildman–Crippen MR) is 69.9 cm³/mol. The van der Waals surface area contributed by atoms with Gasteiger partial charge in [0.05, 0.1) is 17.4 Å². The van der Waals surface area contributed by atoms with Crippen LogP contribution in [0.3, 0.4) is 0 Å². The van der Waals surface area contributed by atoms with Crippen molar-refractivity contribution < 1.29 is 18.3 Å². The number of aromatic nitrogens is 3. The molecule has 9 heteroatoms. The van der Waals surface area contributed by atoms with Crippen LogP contribution in [-0.2, 0) is 17.1 Å². The zero-order valence-corrected chi connectivity index (χ0v) is 11.5. The second-order valence-electron chi connectivity index (χ2n) is 4.11. The van der Waals surface area contributed by atoms with E-state index in [-0.39, 0.29) is 16.3 Å². The summed E-state index contributed by atoms with van der Waals surface area (Å²) in [5.74, 6) is -0.644. The Morgan fingerprint density at radius 3 is 2.65 bits per heavy atom. The minimum absolute atomic E-state index is 0.0632. The van der Waals surface area contributed by atoms with Crippen LogP contribution < -0.4 is 4.72 Å². The van der Waals surface area contributed by atoms with Crippen molar-refractivity contribution in [3.8, 4) is 0 Å². The van der Waals surface area contributed by atoms with Gasteiger partial charge in [0.2, 0.25) is 0 Å². The number of hydrogen-bond donors (Lipinski definition) is 2. The summed E-state index contributed by atoms with van der Waals surface area (Å²) in [4.78, 5) is 18.4. The number of pyridine rings is 1. The number of anilines is 1. The highest BCUT2D eigenvalue weighted by molar-refractivity contribution is 7.92. The van der Waals surface area contributed by atoms with Gasteiger partial charge >= 0.3 is 5.97 Å². The first-order valence-electron chi connectivity index (χ1n) is 5.51. The summed E-state index contributed by atoms with van der Waals surface area (Å²) in [7, 11) is -2.20. The summed E-state index contributed by atoms with van der Waals surface area (Å²) in [6, 6.07) is 1.18. The van der Waals surface area contributed by atoms with E-state index >= 15 is 0 Å². The highest BCUT2D eigenvalue weighted by Crippen LogP contribution is 2.15. The average molecular weight is 296 g/mol. The van der Waals surface area contributed by atoms with Crippen molar-refractivity contribution in [3.05, 3.63) is 36.0 Å². The van der Waals surface area contributed by atoms with Gasteiger partial charge in [0, 0.05) is 19.4 Å². The van der Waals surface area contributed by atoms with E-state index in [1.165, 1.54) is 18.5 Å². The highest BCUT2D eigenvalue weighted by atomic mass is 32.2. The summed E-state index contributed by atoms with van der Waals surface area (Å²) in [6.07, 6.45) is 3.72. The van der Waals surface area contributed by atoms with Crippen molar-refractivity contribution in [2.45, 2.75) is 11.9 Å². The summed E-state index contributed by atoms with van der Waals surface area (Å²) in [5.41, 5.74) is -0.0457. The topological polar surface area (TPSA) is 114 Å². The molecule has 2 heterocycles. The number of aryl methyl sites for hydroxylation is 2. The van der Waals surface area contributed by atoms with Gasteiger partial charge < -0.3 is 9.67 Å². The van der Waals surface area contributed by atoms with E-state index in [9.17, 15) is 13.2 Å². The van der Waals surface area contributed by atoms with Gasteiger partial charge in [-0.05, 0) is 13.0 Å². The number of imidazole rings is 1. The largest absolute Gasteiger partial charge is 0.478 e. The van der Waals surface area contributed by atoms with E-state index in [1.54, 1.807) is 18.5 Å². The number of nitrogens with zero attached hydrogens (tertiary/aromatic N) is 3. The molecule has 0 fully saturated rings. The maximum Gasteiger partial charge on any atom is 0.337 e. The average Bonchev–Trinajstić information content (AvgIpc) is 2.70. The molecule has 2 aromatic heterocycles. The molecule has 2 aromatic rings. The molecule has 0 amide bonds. The number of aromatic carboxylic acids is 1. The molecule has 0 bridgehead atoms. The summed E-state index contributed by atoms with van der Waals surface area (Å²) >= 11 is 0. The third-order valence-electron chi connectivity index (χ3n) is 2.60. The molecule has 0 spiro atoms. The lowest BCUT2D eigenvalue weighted by molar-refractivity contribution is 0.0696. The van der Waals surface area contributed by atoms with Crippen LogP contribution >= 0.6 is 0 Å². The number of carbonyl (C=O) groups is 1. The molecular formula is C11H12N4O4S. The third kappa shape index (κ3) is 2.77. The third-order valence-corrected chi connectivity index (χ3v) is 3.85. The molecule has 0 saturated heterocycles. The van der Waals surface area contributed by atoms with Gasteiger partial charge in [-0.3, -0.25) is 9.71 Å². The van der Waals surface area contributed by atoms with Crippen LogP contribution in [0.2, 0.25) is 0 Å². The second kappa shape index (κ2) is 4.93. The lowest BCUT2D eigenvalue weighted by Gasteiger charge is -2.05. The van der Waals surface area contributed by atoms with Crippen LogP contribution in [0.15, 0.2) is 29.7 Å². The van der Waals surface area contributed by atoms with Crippen molar-refractivity contribution in [2.24, 2.45) is 7.05 Å². The fraction of sp³-hybridized carbons (Fsp3) is 0.182. The van der Waals surface area contributed by atoms with Crippen LogP contribution in [0.5, 0.6) is 0 Å². The first-order chi connectivity index (χ1) is 9.29. The van der Waals surface area contributed by atoms with Crippen LogP contribution in [0.4, 0.5) is 5.69 Å². The van der Waals surface area contributed by atoms with Crippen LogP contribution in [0.25, 0.3) is 0 Å². The van der Waals surface area contributed by atoms with Crippen molar-refractivity contribution >= 4 is 21.7 Å². The Kier molecular flexibility index (Phi) is 3.45. The Labute approximate surface area is 115 Å². The zero-order chi connectivity index (χ0) is 14.9. The van der Waals surface area contributed by atoms with Gasteiger partial charge in [-0.15, -0.1) is 0 Å².